The summed E-state index contributed by atoms with van der Waals surface area (Å²) >= 11 is 0. The van der Waals surface area contributed by atoms with E-state index in [2.05, 4.69) is 60.2 Å². The zero-order valence-electron chi connectivity index (χ0n) is 17.3. The normalized spacial score (nSPS) is 15.4. The van der Waals surface area contributed by atoms with Crippen LogP contribution in [0.15, 0.2) is 48.5 Å². The van der Waals surface area contributed by atoms with Crippen molar-refractivity contribution in [3.05, 3.63) is 71.3 Å². The number of nitrogens with one attached hydrogen (secondary N) is 2. The second-order valence-electron chi connectivity index (χ2n) is 7.67. The number of H-pyrrole nitrogens is 1. The first-order valence-corrected chi connectivity index (χ1v) is 10.1. The summed E-state index contributed by atoms with van der Waals surface area (Å²) in [4.78, 5) is 21.7. The van der Waals surface area contributed by atoms with Crippen molar-refractivity contribution in [3.63, 3.8) is 0 Å². The van der Waals surface area contributed by atoms with Crippen molar-refractivity contribution in [3.8, 4) is 22.5 Å². The number of aromatic amines is 1. The maximum absolute atomic E-state index is 12.7. The Bertz CT molecular complexity index is 1250. The van der Waals surface area contributed by atoms with Gasteiger partial charge in [-0.2, -0.15) is 5.21 Å². The minimum Gasteiger partial charge on any atom is -0.375 e. The van der Waals surface area contributed by atoms with Gasteiger partial charge >= 0.3 is 0 Å². The zero-order valence-corrected chi connectivity index (χ0v) is 17.3. The highest BCUT2D eigenvalue weighted by Gasteiger charge is 2.30. The van der Waals surface area contributed by atoms with Crippen LogP contribution in [-0.4, -0.2) is 42.9 Å². The average Bonchev–Trinajstić information content (AvgIpc) is 3.31. The molecule has 4 aromatic rings. The summed E-state index contributed by atoms with van der Waals surface area (Å²) in [5.41, 5.74) is 6.64. The summed E-state index contributed by atoms with van der Waals surface area (Å²) in [6, 6.07) is 16.2. The monoisotopic (exact) mass is 411 g/mol. The van der Waals surface area contributed by atoms with Crippen LogP contribution in [0, 0.1) is 13.8 Å². The smallest absolute Gasteiger partial charge is 0.205 e. The molecule has 5 rings (SSSR count). The third kappa shape index (κ3) is 3.56. The fourth-order valence-electron chi connectivity index (χ4n) is 4.13. The van der Waals surface area contributed by atoms with Crippen LogP contribution in [0.5, 0.6) is 0 Å². The molecule has 154 valence electrons. The first kappa shape index (κ1) is 19.0. The highest BCUT2D eigenvalue weighted by Crippen LogP contribution is 2.34. The summed E-state index contributed by atoms with van der Waals surface area (Å²) in [7, 11) is 0. The number of benzene rings is 2. The Kier molecular flexibility index (Phi) is 4.74. The number of fused-ring (bicyclic) bond motifs is 1. The van der Waals surface area contributed by atoms with E-state index in [-0.39, 0.29) is 11.7 Å². The van der Waals surface area contributed by atoms with Crippen LogP contribution in [0.3, 0.4) is 0 Å². The molecule has 0 aliphatic carbocycles. The van der Waals surface area contributed by atoms with E-state index in [9.17, 15) is 4.79 Å². The van der Waals surface area contributed by atoms with Crippen molar-refractivity contribution >= 4 is 11.5 Å². The van der Waals surface area contributed by atoms with Crippen LogP contribution >= 0.6 is 0 Å². The van der Waals surface area contributed by atoms with Crippen molar-refractivity contribution in [2.75, 3.05) is 11.9 Å². The summed E-state index contributed by atoms with van der Waals surface area (Å²) in [6.07, 6.45) is 0.607. The van der Waals surface area contributed by atoms with Crippen LogP contribution in [0.4, 0.5) is 5.69 Å². The predicted molar refractivity (Wildman–Crippen MR) is 116 cm³/mol. The number of anilines is 1. The Balaban J connectivity index is 1.45. The van der Waals surface area contributed by atoms with Crippen LogP contribution in [0.25, 0.3) is 22.5 Å². The van der Waals surface area contributed by atoms with Crippen molar-refractivity contribution in [1.29, 1.82) is 0 Å². The van der Waals surface area contributed by atoms with E-state index >= 15 is 0 Å². The van der Waals surface area contributed by atoms with Gasteiger partial charge in [-0.1, -0.05) is 48.5 Å². The lowest BCUT2D eigenvalue weighted by molar-refractivity contribution is -0.119. The van der Waals surface area contributed by atoms with Crippen molar-refractivity contribution in [2.45, 2.75) is 26.2 Å². The molecule has 31 heavy (non-hydrogen) atoms. The lowest BCUT2D eigenvalue weighted by Crippen LogP contribution is -2.31. The molecule has 2 aromatic carbocycles. The molecular weight excluding hydrogens is 390 g/mol. The van der Waals surface area contributed by atoms with E-state index in [0.29, 0.717) is 24.6 Å². The summed E-state index contributed by atoms with van der Waals surface area (Å²) in [6.45, 7) is 4.11. The Morgan fingerprint density at radius 3 is 2.52 bits per heavy atom. The number of hydrogen-bond donors (Lipinski definition) is 2. The van der Waals surface area contributed by atoms with E-state index in [1.165, 1.54) is 0 Å². The third-order valence-electron chi connectivity index (χ3n) is 5.61. The van der Waals surface area contributed by atoms with E-state index in [4.69, 9.17) is 0 Å². The highest BCUT2D eigenvalue weighted by atomic mass is 16.1. The summed E-state index contributed by atoms with van der Waals surface area (Å²) < 4.78 is 0. The molecule has 8 nitrogen and oxygen atoms in total. The van der Waals surface area contributed by atoms with E-state index in [0.717, 1.165) is 39.3 Å². The summed E-state index contributed by atoms with van der Waals surface area (Å²) in [5, 5.41) is 17.6. The van der Waals surface area contributed by atoms with Gasteiger partial charge in [-0.3, -0.25) is 4.79 Å². The molecule has 0 saturated carbocycles. The number of ketones is 1. The SMILES string of the molecule is Cc1nc(C)c2c(n1)C(Cc1ccc(-c3ccccc3-c3nn[nH]n3)cc1)C(=O)CN2. The minimum atomic E-state index is -0.269. The fraction of sp³-hybridized carbons (Fsp3) is 0.217. The lowest BCUT2D eigenvalue weighted by Gasteiger charge is -2.26. The minimum absolute atomic E-state index is 0.150. The van der Waals surface area contributed by atoms with E-state index in [1.807, 2.05) is 38.1 Å². The quantitative estimate of drug-likeness (QED) is 0.530. The molecular formula is C23H21N7O. The molecule has 0 bridgehead atoms. The molecule has 1 aliphatic rings. The third-order valence-corrected chi connectivity index (χ3v) is 5.61. The summed E-state index contributed by atoms with van der Waals surface area (Å²) in [5.74, 6) is 1.12. The van der Waals surface area contributed by atoms with Gasteiger partial charge in [0.2, 0.25) is 5.82 Å². The molecule has 2 aromatic heterocycles. The maximum atomic E-state index is 12.7. The van der Waals surface area contributed by atoms with Gasteiger partial charge in [-0.05, 0) is 42.2 Å². The van der Waals surface area contributed by atoms with E-state index in [1.54, 1.807) is 0 Å². The van der Waals surface area contributed by atoms with Crippen molar-refractivity contribution < 1.29 is 4.79 Å². The molecule has 0 spiro atoms. The Morgan fingerprint density at radius 1 is 1.00 bits per heavy atom. The topological polar surface area (TPSA) is 109 Å². The Morgan fingerprint density at radius 2 is 1.77 bits per heavy atom. The largest absolute Gasteiger partial charge is 0.375 e. The number of aryl methyl sites for hydroxylation is 2. The van der Waals surface area contributed by atoms with Gasteiger partial charge in [0.25, 0.3) is 0 Å². The van der Waals surface area contributed by atoms with Gasteiger partial charge in [0.15, 0.2) is 5.78 Å². The van der Waals surface area contributed by atoms with Crippen molar-refractivity contribution in [2.24, 2.45) is 0 Å². The first-order valence-electron chi connectivity index (χ1n) is 10.1. The molecule has 0 fully saturated rings. The van der Waals surface area contributed by atoms with Gasteiger partial charge in [-0.15, -0.1) is 10.2 Å². The molecule has 1 aliphatic heterocycles. The molecule has 3 heterocycles. The maximum Gasteiger partial charge on any atom is 0.205 e. The fourth-order valence-corrected chi connectivity index (χ4v) is 4.13. The molecule has 0 amide bonds. The number of carbonyl (C=O) groups is 1. The lowest BCUT2D eigenvalue weighted by atomic mass is 9.87. The standard InChI is InChI=1S/C23H21N7O/c1-13-21-22(26-14(2)25-13)19(20(31)12-24-21)11-15-7-9-16(10-8-15)17-5-3-4-6-18(17)23-27-29-30-28-23/h3-10,19,24H,11-12H2,1-2H3,(H,27,28,29,30). The second kappa shape index (κ2) is 7.71. The van der Waals surface area contributed by atoms with Gasteiger partial charge in [-0.25, -0.2) is 9.97 Å². The zero-order chi connectivity index (χ0) is 21.4. The molecule has 1 atom stereocenters. The second-order valence-corrected chi connectivity index (χ2v) is 7.67. The van der Waals surface area contributed by atoms with Gasteiger partial charge in [0, 0.05) is 5.56 Å². The number of tetrazole rings is 1. The van der Waals surface area contributed by atoms with Gasteiger partial charge < -0.3 is 5.32 Å². The number of Topliss-reactive ketones (excluding diaryl/α,β-unsaturated/α-hetero) is 1. The van der Waals surface area contributed by atoms with Gasteiger partial charge in [0.05, 0.1) is 29.5 Å². The number of aromatic nitrogens is 6. The molecule has 2 N–H and O–H groups in total. The van der Waals surface area contributed by atoms with Gasteiger partial charge in [0.1, 0.15) is 5.82 Å². The highest BCUT2D eigenvalue weighted by molar-refractivity contribution is 5.93. The molecule has 8 heteroatoms. The van der Waals surface area contributed by atoms with Crippen LogP contribution in [0.2, 0.25) is 0 Å². The van der Waals surface area contributed by atoms with Crippen LogP contribution < -0.4 is 5.32 Å². The Hall–Kier alpha value is -3.94. The average molecular weight is 411 g/mol. The number of hydrogen-bond acceptors (Lipinski definition) is 7. The van der Waals surface area contributed by atoms with E-state index < -0.39 is 0 Å². The number of nitrogens with zero attached hydrogens (tertiary/aromatic N) is 5. The van der Waals surface area contributed by atoms with Crippen molar-refractivity contribution in [1.82, 2.24) is 30.6 Å². The predicted octanol–water partition coefficient (Wildman–Crippen LogP) is 3.26. The number of carbonyl (C=O) groups excluding carboxylic acids is 1. The molecule has 0 radical (unpaired) electrons. The molecule has 1 unspecified atom stereocenters. The van der Waals surface area contributed by atoms with Crippen LogP contribution in [0.1, 0.15) is 28.7 Å². The Labute approximate surface area is 179 Å². The number of rotatable bonds is 4. The molecule has 0 saturated heterocycles. The van der Waals surface area contributed by atoms with Crippen LogP contribution in [-0.2, 0) is 11.2 Å². The first-order chi connectivity index (χ1) is 15.1.